The highest BCUT2D eigenvalue weighted by Gasteiger charge is 2.28. The fourth-order valence-corrected chi connectivity index (χ4v) is 3.22. The van der Waals surface area contributed by atoms with Crippen LogP contribution in [0, 0.1) is 0 Å². The summed E-state index contributed by atoms with van der Waals surface area (Å²) in [6, 6.07) is 6.81. The first-order valence-electron chi connectivity index (χ1n) is 5.45. The molecule has 18 heavy (non-hydrogen) atoms. The van der Waals surface area contributed by atoms with Crippen LogP contribution in [-0.4, -0.2) is 38.4 Å². The van der Waals surface area contributed by atoms with Gasteiger partial charge in [-0.1, -0.05) is 12.1 Å². The summed E-state index contributed by atoms with van der Waals surface area (Å²) in [5.41, 5.74) is 0.467. The molecule has 1 heterocycles. The first-order chi connectivity index (χ1) is 8.50. The number of carboxylic acid groups (broad SMARTS) is 1. The maximum Gasteiger partial charge on any atom is 0.304 e. The van der Waals surface area contributed by atoms with E-state index in [4.69, 9.17) is 9.84 Å². The van der Waals surface area contributed by atoms with Crippen LogP contribution in [0.4, 0.5) is 5.69 Å². The predicted molar refractivity (Wildman–Crippen MR) is 65.3 cm³/mol. The summed E-state index contributed by atoms with van der Waals surface area (Å²) >= 11 is 0. The first kappa shape index (κ1) is 12.7. The number of hydrogen-bond donors (Lipinski definition) is 1. The van der Waals surface area contributed by atoms with E-state index in [0.29, 0.717) is 11.4 Å². The van der Waals surface area contributed by atoms with Crippen molar-refractivity contribution in [2.24, 2.45) is 0 Å². The molecule has 0 atom stereocenters. The molecule has 0 radical (unpaired) electrons. The molecule has 0 aliphatic carbocycles. The monoisotopic (exact) mass is 271 g/mol. The summed E-state index contributed by atoms with van der Waals surface area (Å²) in [6.45, 7) is 0.474. The van der Waals surface area contributed by atoms with Crippen LogP contribution in [0.15, 0.2) is 24.3 Å². The largest absolute Gasteiger partial charge is 0.489 e. The number of fused-ring (bicyclic) bond motifs is 1. The molecule has 6 nitrogen and oxygen atoms in total. The van der Waals surface area contributed by atoms with E-state index in [0.717, 1.165) is 0 Å². The molecule has 0 saturated heterocycles. The quantitative estimate of drug-likeness (QED) is 0.871. The number of benzene rings is 1. The minimum Gasteiger partial charge on any atom is -0.489 e. The van der Waals surface area contributed by atoms with Gasteiger partial charge in [0.2, 0.25) is 10.0 Å². The number of carboxylic acids is 1. The van der Waals surface area contributed by atoms with E-state index in [1.54, 1.807) is 24.3 Å². The molecule has 1 N–H and O–H groups in total. The molecule has 0 aromatic heterocycles. The molecule has 0 spiro atoms. The van der Waals surface area contributed by atoms with Gasteiger partial charge in [-0.2, -0.15) is 0 Å². The number of para-hydroxylation sites is 2. The van der Waals surface area contributed by atoms with Crippen LogP contribution >= 0.6 is 0 Å². The second-order valence-corrected chi connectivity index (χ2v) is 5.86. The Labute approximate surface area is 105 Å². The number of carbonyl (C=O) groups is 1. The van der Waals surface area contributed by atoms with Crippen molar-refractivity contribution in [3.05, 3.63) is 24.3 Å². The second-order valence-electron chi connectivity index (χ2n) is 3.85. The number of anilines is 1. The van der Waals surface area contributed by atoms with Gasteiger partial charge in [-0.25, -0.2) is 8.42 Å². The van der Waals surface area contributed by atoms with Crippen molar-refractivity contribution in [1.82, 2.24) is 0 Å². The van der Waals surface area contributed by atoms with Crippen LogP contribution in [0.5, 0.6) is 5.75 Å². The molecule has 1 aromatic carbocycles. The summed E-state index contributed by atoms with van der Waals surface area (Å²) < 4.78 is 30.7. The highest BCUT2D eigenvalue weighted by atomic mass is 32.2. The lowest BCUT2D eigenvalue weighted by Crippen LogP contribution is -2.39. The molecule has 2 rings (SSSR count). The Balaban J connectivity index is 2.27. The Kier molecular flexibility index (Phi) is 3.42. The topological polar surface area (TPSA) is 83.9 Å². The lowest BCUT2D eigenvalue weighted by Gasteiger charge is -2.30. The van der Waals surface area contributed by atoms with Crippen LogP contribution in [0.2, 0.25) is 0 Å². The van der Waals surface area contributed by atoms with E-state index in [1.165, 1.54) is 4.31 Å². The molecule has 0 bridgehead atoms. The molecule has 0 fully saturated rings. The zero-order valence-corrected chi connectivity index (χ0v) is 10.4. The summed E-state index contributed by atoms with van der Waals surface area (Å²) in [7, 11) is -3.62. The molecule has 0 amide bonds. The van der Waals surface area contributed by atoms with Crippen molar-refractivity contribution < 1.29 is 23.1 Å². The minimum absolute atomic E-state index is 0.207. The molecule has 98 valence electrons. The fraction of sp³-hybridized carbons (Fsp3) is 0.364. The van der Waals surface area contributed by atoms with Gasteiger partial charge >= 0.3 is 5.97 Å². The van der Waals surface area contributed by atoms with Crippen LogP contribution in [0.3, 0.4) is 0 Å². The number of aliphatic carboxylic acids is 1. The van der Waals surface area contributed by atoms with Crippen LogP contribution < -0.4 is 9.04 Å². The number of rotatable bonds is 4. The van der Waals surface area contributed by atoms with Gasteiger partial charge in [0.1, 0.15) is 12.4 Å². The zero-order chi connectivity index (χ0) is 13.2. The average Bonchev–Trinajstić information content (AvgIpc) is 2.36. The predicted octanol–water partition coefficient (Wildman–Crippen LogP) is 0.690. The molecule has 1 aliphatic heterocycles. The molecule has 0 unspecified atom stereocenters. The standard InChI is InChI=1S/C11H13NO5S/c13-11(14)5-8-18(15,16)12-6-7-17-10-4-2-1-3-9(10)12/h1-4H,5-8H2,(H,13,14). The van der Waals surface area contributed by atoms with Gasteiger partial charge in [0, 0.05) is 0 Å². The van der Waals surface area contributed by atoms with Crippen LogP contribution in [0.1, 0.15) is 6.42 Å². The van der Waals surface area contributed by atoms with Crippen molar-refractivity contribution in [3.8, 4) is 5.75 Å². The second kappa shape index (κ2) is 4.85. The van der Waals surface area contributed by atoms with E-state index < -0.39 is 28.2 Å². The maximum atomic E-state index is 12.1. The summed E-state index contributed by atoms with van der Waals surface area (Å²) in [5, 5.41) is 8.56. The van der Waals surface area contributed by atoms with Crippen molar-refractivity contribution in [2.45, 2.75) is 6.42 Å². The Morgan fingerprint density at radius 2 is 2.11 bits per heavy atom. The fourth-order valence-electron chi connectivity index (χ4n) is 1.76. The third-order valence-corrected chi connectivity index (χ3v) is 4.37. The summed E-state index contributed by atoms with van der Waals surface area (Å²) in [5.74, 6) is -1.03. The van der Waals surface area contributed by atoms with Gasteiger partial charge < -0.3 is 9.84 Å². The summed E-state index contributed by atoms with van der Waals surface area (Å²) in [4.78, 5) is 10.5. The van der Waals surface area contributed by atoms with Crippen molar-refractivity contribution in [3.63, 3.8) is 0 Å². The number of hydrogen-bond acceptors (Lipinski definition) is 4. The van der Waals surface area contributed by atoms with E-state index in [1.807, 2.05) is 0 Å². The summed E-state index contributed by atoms with van der Waals surface area (Å²) in [6.07, 6.45) is -0.401. The molecule has 1 aliphatic rings. The zero-order valence-electron chi connectivity index (χ0n) is 9.57. The Bertz CT molecular complexity index is 554. The molecule has 0 saturated carbocycles. The normalized spacial score (nSPS) is 14.8. The maximum absolute atomic E-state index is 12.1. The molecule has 7 heteroatoms. The van der Waals surface area contributed by atoms with Gasteiger partial charge in [-0.05, 0) is 12.1 Å². The third-order valence-electron chi connectivity index (χ3n) is 2.60. The van der Waals surface area contributed by atoms with E-state index in [-0.39, 0.29) is 13.2 Å². The lowest BCUT2D eigenvalue weighted by atomic mass is 10.2. The number of sulfonamides is 1. The van der Waals surface area contributed by atoms with E-state index in [9.17, 15) is 13.2 Å². The Morgan fingerprint density at radius 1 is 1.39 bits per heavy atom. The number of nitrogens with zero attached hydrogens (tertiary/aromatic N) is 1. The van der Waals surface area contributed by atoms with E-state index >= 15 is 0 Å². The molecular formula is C11H13NO5S. The van der Waals surface area contributed by atoms with E-state index in [2.05, 4.69) is 0 Å². The smallest absolute Gasteiger partial charge is 0.304 e. The van der Waals surface area contributed by atoms with Crippen LogP contribution in [-0.2, 0) is 14.8 Å². The van der Waals surface area contributed by atoms with Crippen molar-refractivity contribution in [2.75, 3.05) is 23.2 Å². The van der Waals surface area contributed by atoms with Gasteiger partial charge in [-0.15, -0.1) is 0 Å². The number of ether oxygens (including phenoxy) is 1. The SMILES string of the molecule is O=C(O)CCS(=O)(=O)N1CCOc2ccccc21. The molecule has 1 aromatic rings. The van der Waals surface area contributed by atoms with Gasteiger partial charge in [0.15, 0.2) is 0 Å². The lowest BCUT2D eigenvalue weighted by molar-refractivity contribution is -0.136. The van der Waals surface area contributed by atoms with Crippen molar-refractivity contribution in [1.29, 1.82) is 0 Å². The van der Waals surface area contributed by atoms with Crippen molar-refractivity contribution >= 4 is 21.7 Å². The van der Waals surface area contributed by atoms with Gasteiger partial charge in [-0.3, -0.25) is 9.10 Å². The Morgan fingerprint density at radius 3 is 2.83 bits per heavy atom. The molecular weight excluding hydrogens is 258 g/mol. The first-order valence-corrected chi connectivity index (χ1v) is 7.06. The average molecular weight is 271 g/mol. The third kappa shape index (κ3) is 2.56. The minimum atomic E-state index is -3.62. The van der Waals surface area contributed by atoms with Gasteiger partial charge in [0.05, 0.1) is 24.4 Å². The highest BCUT2D eigenvalue weighted by molar-refractivity contribution is 7.92. The van der Waals surface area contributed by atoms with Gasteiger partial charge in [0.25, 0.3) is 0 Å². The highest BCUT2D eigenvalue weighted by Crippen LogP contribution is 2.32. The Hall–Kier alpha value is -1.76. The van der Waals surface area contributed by atoms with Crippen LogP contribution in [0.25, 0.3) is 0 Å².